The van der Waals surface area contributed by atoms with Crippen LogP contribution in [0.25, 0.3) is 11.0 Å². The van der Waals surface area contributed by atoms with Gasteiger partial charge in [0.1, 0.15) is 11.3 Å². The van der Waals surface area contributed by atoms with E-state index in [2.05, 4.69) is 18.7 Å². The van der Waals surface area contributed by atoms with E-state index in [0.717, 1.165) is 37.7 Å². The van der Waals surface area contributed by atoms with Gasteiger partial charge < -0.3 is 14.4 Å². The van der Waals surface area contributed by atoms with Crippen molar-refractivity contribution in [2.75, 3.05) is 18.0 Å². The minimum Gasteiger partial charge on any atom is -0.507 e. The van der Waals surface area contributed by atoms with Crippen molar-refractivity contribution < 1.29 is 9.52 Å². The topological polar surface area (TPSA) is 53.7 Å². The zero-order chi connectivity index (χ0) is 13.8. The molecule has 4 nitrogen and oxygen atoms in total. The lowest BCUT2D eigenvalue weighted by atomic mass is 10.1. The van der Waals surface area contributed by atoms with E-state index in [1.807, 2.05) is 12.1 Å². The molecule has 0 spiro atoms. The lowest BCUT2D eigenvalue weighted by Gasteiger charge is -2.25. The third-order valence-electron chi connectivity index (χ3n) is 3.05. The molecule has 0 saturated heterocycles. The van der Waals surface area contributed by atoms with Crippen LogP contribution >= 0.6 is 0 Å². The second-order valence-electron chi connectivity index (χ2n) is 4.59. The van der Waals surface area contributed by atoms with Crippen LogP contribution in [0.15, 0.2) is 33.5 Å². The van der Waals surface area contributed by atoms with Crippen LogP contribution < -0.4 is 10.5 Å². The summed E-state index contributed by atoms with van der Waals surface area (Å²) in [7, 11) is 0. The zero-order valence-corrected chi connectivity index (χ0v) is 11.3. The fourth-order valence-electron chi connectivity index (χ4n) is 2.34. The maximum Gasteiger partial charge on any atom is 0.339 e. The van der Waals surface area contributed by atoms with Crippen LogP contribution in [0.4, 0.5) is 5.69 Å². The number of fused-ring (bicyclic) bond motifs is 1. The predicted molar refractivity (Wildman–Crippen MR) is 76.9 cm³/mol. The molecule has 2 rings (SSSR count). The van der Waals surface area contributed by atoms with Crippen LogP contribution in [0, 0.1) is 0 Å². The largest absolute Gasteiger partial charge is 0.507 e. The molecule has 0 radical (unpaired) electrons. The third kappa shape index (κ3) is 2.72. The van der Waals surface area contributed by atoms with E-state index in [-0.39, 0.29) is 5.75 Å². The first-order chi connectivity index (χ1) is 9.17. The maximum absolute atomic E-state index is 11.3. The highest BCUT2D eigenvalue weighted by molar-refractivity contribution is 5.95. The molecule has 0 aliphatic rings. The summed E-state index contributed by atoms with van der Waals surface area (Å²) in [6.45, 7) is 6.05. The smallest absolute Gasteiger partial charge is 0.339 e. The monoisotopic (exact) mass is 261 g/mol. The summed E-state index contributed by atoms with van der Waals surface area (Å²) in [6, 6.07) is 6.63. The minimum atomic E-state index is -0.528. The number of anilines is 1. The standard InChI is InChI=1S/C15H19NO3/c1-3-8-16(9-4-2)11-6-5-7-13-15(11)12(17)10-14(18)19-13/h5-7,10,17H,3-4,8-9H2,1-2H3. The van der Waals surface area contributed by atoms with Gasteiger partial charge in [-0.2, -0.15) is 0 Å². The molecular weight excluding hydrogens is 242 g/mol. The first kappa shape index (κ1) is 13.5. The van der Waals surface area contributed by atoms with Crippen molar-refractivity contribution in [2.24, 2.45) is 0 Å². The van der Waals surface area contributed by atoms with E-state index < -0.39 is 5.63 Å². The summed E-state index contributed by atoms with van der Waals surface area (Å²) in [5, 5.41) is 10.6. The van der Waals surface area contributed by atoms with Crippen molar-refractivity contribution in [1.29, 1.82) is 0 Å². The molecule has 0 aliphatic carbocycles. The van der Waals surface area contributed by atoms with Crippen LogP contribution in [0.3, 0.4) is 0 Å². The maximum atomic E-state index is 11.3. The van der Waals surface area contributed by atoms with E-state index in [1.165, 1.54) is 0 Å². The van der Waals surface area contributed by atoms with Crippen molar-refractivity contribution >= 4 is 16.7 Å². The average molecular weight is 261 g/mol. The molecule has 0 unspecified atom stereocenters. The molecule has 19 heavy (non-hydrogen) atoms. The highest BCUT2D eigenvalue weighted by Gasteiger charge is 2.13. The normalized spacial score (nSPS) is 10.8. The SMILES string of the molecule is CCCN(CCC)c1cccc2oc(=O)cc(O)c12. The molecule has 0 atom stereocenters. The number of rotatable bonds is 5. The molecule has 102 valence electrons. The van der Waals surface area contributed by atoms with Crippen LogP contribution in [0.5, 0.6) is 5.75 Å². The number of benzene rings is 1. The zero-order valence-electron chi connectivity index (χ0n) is 11.3. The highest BCUT2D eigenvalue weighted by atomic mass is 16.4. The van der Waals surface area contributed by atoms with Gasteiger partial charge in [-0.05, 0) is 25.0 Å². The first-order valence-corrected chi connectivity index (χ1v) is 6.68. The van der Waals surface area contributed by atoms with Crippen LogP contribution in [0.1, 0.15) is 26.7 Å². The van der Waals surface area contributed by atoms with Gasteiger partial charge in [0.2, 0.25) is 0 Å². The summed E-state index contributed by atoms with van der Waals surface area (Å²) < 4.78 is 5.15. The molecule has 0 bridgehead atoms. The Morgan fingerprint density at radius 2 is 1.89 bits per heavy atom. The molecule has 0 saturated carbocycles. The molecule has 1 N–H and O–H groups in total. The lowest BCUT2D eigenvalue weighted by Crippen LogP contribution is -2.25. The summed E-state index contributed by atoms with van der Waals surface area (Å²) in [5.41, 5.74) is 0.821. The highest BCUT2D eigenvalue weighted by Crippen LogP contribution is 2.32. The van der Waals surface area contributed by atoms with Gasteiger partial charge in [-0.15, -0.1) is 0 Å². The molecule has 0 aliphatic heterocycles. The van der Waals surface area contributed by atoms with Crippen LogP contribution in [-0.4, -0.2) is 18.2 Å². The second kappa shape index (κ2) is 5.78. The van der Waals surface area contributed by atoms with Crippen LogP contribution in [0.2, 0.25) is 0 Å². The van der Waals surface area contributed by atoms with Crippen LogP contribution in [-0.2, 0) is 0 Å². The van der Waals surface area contributed by atoms with Crippen molar-refractivity contribution in [3.8, 4) is 5.75 Å². The van der Waals surface area contributed by atoms with E-state index >= 15 is 0 Å². The Hall–Kier alpha value is -1.97. The molecule has 4 heteroatoms. The Morgan fingerprint density at radius 3 is 2.53 bits per heavy atom. The second-order valence-corrected chi connectivity index (χ2v) is 4.59. The van der Waals surface area contributed by atoms with Gasteiger partial charge in [-0.3, -0.25) is 0 Å². The summed E-state index contributed by atoms with van der Waals surface area (Å²) in [6.07, 6.45) is 2.04. The molecule has 1 aromatic heterocycles. The average Bonchev–Trinajstić information content (AvgIpc) is 2.37. The first-order valence-electron chi connectivity index (χ1n) is 6.68. The molecule has 0 amide bonds. The lowest BCUT2D eigenvalue weighted by molar-refractivity contribution is 0.468. The predicted octanol–water partition coefficient (Wildman–Crippen LogP) is 3.13. The minimum absolute atomic E-state index is 0.0148. The van der Waals surface area contributed by atoms with Crippen molar-refractivity contribution in [1.82, 2.24) is 0 Å². The van der Waals surface area contributed by atoms with Gasteiger partial charge in [0.25, 0.3) is 0 Å². The van der Waals surface area contributed by atoms with Gasteiger partial charge in [0, 0.05) is 13.1 Å². The number of nitrogens with zero attached hydrogens (tertiary/aromatic N) is 1. The Bertz CT molecular complexity index is 612. The Morgan fingerprint density at radius 1 is 1.21 bits per heavy atom. The van der Waals surface area contributed by atoms with Gasteiger partial charge in [0.05, 0.1) is 17.1 Å². The fourth-order valence-corrected chi connectivity index (χ4v) is 2.34. The van der Waals surface area contributed by atoms with Crippen molar-refractivity contribution in [3.05, 3.63) is 34.7 Å². The summed E-state index contributed by atoms with van der Waals surface area (Å²) >= 11 is 0. The van der Waals surface area contributed by atoms with Gasteiger partial charge in [-0.1, -0.05) is 19.9 Å². The number of hydrogen-bond acceptors (Lipinski definition) is 4. The fraction of sp³-hybridized carbons (Fsp3) is 0.400. The van der Waals surface area contributed by atoms with Gasteiger partial charge >= 0.3 is 5.63 Å². The molecule has 2 aromatic rings. The Kier molecular flexibility index (Phi) is 4.10. The van der Waals surface area contributed by atoms with E-state index in [0.29, 0.717) is 11.0 Å². The summed E-state index contributed by atoms with van der Waals surface area (Å²) in [5.74, 6) is -0.0148. The van der Waals surface area contributed by atoms with Gasteiger partial charge in [-0.25, -0.2) is 4.79 Å². The quantitative estimate of drug-likeness (QED) is 0.840. The van der Waals surface area contributed by atoms with Crippen molar-refractivity contribution in [3.63, 3.8) is 0 Å². The van der Waals surface area contributed by atoms with E-state index in [9.17, 15) is 9.90 Å². The Balaban J connectivity index is 2.62. The third-order valence-corrected chi connectivity index (χ3v) is 3.05. The number of hydrogen-bond donors (Lipinski definition) is 1. The Labute approximate surface area is 112 Å². The van der Waals surface area contributed by atoms with E-state index in [1.54, 1.807) is 6.07 Å². The summed E-state index contributed by atoms with van der Waals surface area (Å²) in [4.78, 5) is 13.5. The number of aromatic hydroxyl groups is 1. The molecular formula is C15H19NO3. The molecule has 0 fully saturated rings. The van der Waals surface area contributed by atoms with Crippen molar-refractivity contribution in [2.45, 2.75) is 26.7 Å². The van der Waals surface area contributed by atoms with Gasteiger partial charge in [0.15, 0.2) is 0 Å². The van der Waals surface area contributed by atoms with E-state index in [4.69, 9.17) is 4.42 Å². The molecule has 1 aromatic carbocycles. The molecule has 1 heterocycles.